The third-order valence-corrected chi connectivity index (χ3v) is 4.82. The van der Waals surface area contributed by atoms with Crippen LogP contribution in [0.3, 0.4) is 0 Å². The molecule has 0 amide bonds. The summed E-state index contributed by atoms with van der Waals surface area (Å²) < 4.78 is 5.41. The Morgan fingerprint density at radius 1 is 1.25 bits per heavy atom. The molecule has 1 aliphatic heterocycles. The fraction of sp³-hybridized carbons (Fsp3) is 0.409. The summed E-state index contributed by atoms with van der Waals surface area (Å²) in [6, 6.07) is 6.51. The Kier molecular flexibility index (Phi) is 7.14. The second-order valence-electron chi connectivity index (χ2n) is 7.09. The number of hydrogen-bond acceptors (Lipinski definition) is 6. The lowest BCUT2D eigenvalue weighted by molar-refractivity contribution is 0.0904. The maximum Gasteiger partial charge on any atom is 0.0762 e. The molecule has 6 heteroatoms. The second kappa shape index (κ2) is 9.99. The molecule has 2 aromatic heterocycles. The van der Waals surface area contributed by atoms with Crippen LogP contribution in [-0.4, -0.2) is 35.4 Å². The van der Waals surface area contributed by atoms with Crippen molar-refractivity contribution in [3.63, 3.8) is 0 Å². The maximum atomic E-state index is 7.81. The highest BCUT2D eigenvalue weighted by Gasteiger charge is 2.14. The van der Waals surface area contributed by atoms with Crippen molar-refractivity contribution in [1.29, 1.82) is 5.41 Å². The average molecular weight is 380 g/mol. The van der Waals surface area contributed by atoms with Gasteiger partial charge in [0.2, 0.25) is 0 Å². The minimum Gasteiger partial charge on any atom is -0.381 e. The summed E-state index contributed by atoms with van der Waals surface area (Å²) in [5, 5.41) is 14.6. The third-order valence-electron chi connectivity index (χ3n) is 4.82. The summed E-state index contributed by atoms with van der Waals surface area (Å²) in [5.74, 6) is 0. The van der Waals surface area contributed by atoms with Crippen molar-refractivity contribution < 1.29 is 4.74 Å². The van der Waals surface area contributed by atoms with Gasteiger partial charge in [0.15, 0.2) is 0 Å². The summed E-state index contributed by atoms with van der Waals surface area (Å²) >= 11 is 0. The molecule has 3 heterocycles. The number of allylic oxidation sites excluding steroid dienone is 1. The molecule has 148 valence electrons. The van der Waals surface area contributed by atoms with Gasteiger partial charge in [-0.15, -0.1) is 0 Å². The Balaban J connectivity index is 1.71. The molecule has 0 radical (unpaired) electrons. The first-order valence-electron chi connectivity index (χ1n) is 9.93. The molecule has 0 bridgehead atoms. The van der Waals surface area contributed by atoms with Gasteiger partial charge in [-0.3, -0.25) is 9.97 Å². The largest absolute Gasteiger partial charge is 0.381 e. The average Bonchev–Trinajstić information content (AvgIpc) is 2.71. The van der Waals surface area contributed by atoms with Crippen LogP contribution in [0, 0.1) is 12.3 Å². The van der Waals surface area contributed by atoms with Crippen LogP contribution in [0.2, 0.25) is 0 Å². The predicted octanol–water partition coefficient (Wildman–Crippen LogP) is 4.43. The summed E-state index contributed by atoms with van der Waals surface area (Å²) in [7, 11) is 0. The molecule has 28 heavy (non-hydrogen) atoms. The van der Waals surface area contributed by atoms with Crippen molar-refractivity contribution in [1.82, 2.24) is 9.97 Å². The van der Waals surface area contributed by atoms with Gasteiger partial charge in [-0.05, 0) is 49.9 Å². The van der Waals surface area contributed by atoms with Gasteiger partial charge in [0.25, 0.3) is 0 Å². The van der Waals surface area contributed by atoms with Crippen molar-refractivity contribution in [2.45, 2.75) is 45.6 Å². The van der Waals surface area contributed by atoms with E-state index in [1.165, 1.54) is 6.21 Å². The molecule has 0 aromatic carbocycles. The Bertz CT molecular complexity index is 827. The number of hydrogen-bond donors (Lipinski definition) is 3. The van der Waals surface area contributed by atoms with Crippen molar-refractivity contribution in [3.8, 4) is 0 Å². The van der Waals surface area contributed by atoms with Gasteiger partial charge >= 0.3 is 0 Å². The lowest BCUT2D eigenvalue weighted by Crippen LogP contribution is -2.27. The first-order chi connectivity index (χ1) is 13.7. The molecule has 1 fully saturated rings. The summed E-state index contributed by atoms with van der Waals surface area (Å²) in [4.78, 5) is 8.98. The van der Waals surface area contributed by atoms with Crippen LogP contribution < -0.4 is 10.6 Å². The van der Waals surface area contributed by atoms with Crippen LogP contribution in [-0.2, 0) is 11.2 Å². The highest BCUT2D eigenvalue weighted by Crippen LogP contribution is 2.21. The van der Waals surface area contributed by atoms with E-state index in [0.29, 0.717) is 6.04 Å². The number of pyridine rings is 2. The van der Waals surface area contributed by atoms with E-state index in [4.69, 9.17) is 10.1 Å². The molecule has 0 aliphatic carbocycles. The van der Waals surface area contributed by atoms with Crippen molar-refractivity contribution in [2.24, 2.45) is 0 Å². The van der Waals surface area contributed by atoms with Crippen LogP contribution >= 0.6 is 0 Å². The number of aromatic nitrogens is 2. The SMILES string of the molecule is CCCc1cc(N/C=C(\C=N)c2ncc(NC3CCOCC3)cc2C)ccn1. The van der Waals surface area contributed by atoms with Crippen LogP contribution in [0.4, 0.5) is 11.4 Å². The highest BCUT2D eigenvalue weighted by molar-refractivity contribution is 6.08. The first kappa shape index (κ1) is 20.0. The number of ether oxygens (including phenoxy) is 1. The molecule has 3 N–H and O–H groups in total. The summed E-state index contributed by atoms with van der Waals surface area (Å²) in [6.45, 7) is 5.79. The van der Waals surface area contributed by atoms with E-state index in [0.717, 1.165) is 72.8 Å². The summed E-state index contributed by atoms with van der Waals surface area (Å²) in [5.41, 5.74) is 5.63. The van der Waals surface area contributed by atoms with Gasteiger partial charge in [0.1, 0.15) is 0 Å². The van der Waals surface area contributed by atoms with Gasteiger partial charge in [0.05, 0.1) is 17.6 Å². The Hall–Kier alpha value is -2.73. The number of anilines is 2. The standard InChI is InChI=1S/C22H29N5O/c1-3-4-19-12-20(5-8-24-19)25-14-17(13-23)22-16(2)11-21(15-26-22)27-18-6-9-28-10-7-18/h5,8,11-15,18,23,27H,3-4,6-7,9-10H2,1-2H3,(H,24,25)/b17-14+,23-13?. The third kappa shape index (κ3) is 5.39. The fourth-order valence-electron chi connectivity index (χ4n) is 3.33. The van der Waals surface area contributed by atoms with Crippen molar-refractivity contribution in [3.05, 3.63) is 53.7 Å². The van der Waals surface area contributed by atoms with Gasteiger partial charge in [-0.1, -0.05) is 13.3 Å². The van der Waals surface area contributed by atoms with Crippen LogP contribution in [0.25, 0.3) is 5.57 Å². The zero-order valence-electron chi connectivity index (χ0n) is 16.7. The molecule has 0 saturated carbocycles. The highest BCUT2D eigenvalue weighted by atomic mass is 16.5. The van der Waals surface area contributed by atoms with E-state index < -0.39 is 0 Å². The normalized spacial score (nSPS) is 15.3. The Labute approximate surface area is 167 Å². The molecular formula is C22H29N5O. The number of rotatable bonds is 8. The molecule has 0 atom stereocenters. The first-order valence-corrected chi connectivity index (χ1v) is 9.93. The predicted molar refractivity (Wildman–Crippen MR) is 115 cm³/mol. The molecular weight excluding hydrogens is 350 g/mol. The second-order valence-corrected chi connectivity index (χ2v) is 7.09. The molecule has 3 rings (SSSR count). The van der Waals surface area contributed by atoms with E-state index in [2.05, 4.69) is 33.6 Å². The minimum absolute atomic E-state index is 0.434. The lowest BCUT2D eigenvalue weighted by Gasteiger charge is -2.24. The van der Waals surface area contributed by atoms with Crippen LogP contribution in [0.5, 0.6) is 0 Å². The molecule has 0 unspecified atom stereocenters. The van der Waals surface area contributed by atoms with E-state index in [1.807, 2.05) is 37.7 Å². The van der Waals surface area contributed by atoms with Crippen LogP contribution in [0.15, 0.2) is 36.8 Å². The fourth-order valence-corrected chi connectivity index (χ4v) is 3.33. The minimum atomic E-state index is 0.434. The molecule has 1 saturated heterocycles. The van der Waals surface area contributed by atoms with Gasteiger partial charge in [-0.25, -0.2) is 0 Å². The zero-order valence-corrected chi connectivity index (χ0v) is 16.7. The smallest absolute Gasteiger partial charge is 0.0762 e. The Morgan fingerprint density at radius 3 is 2.79 bits per heavy atom. The molecule has 2 aromatic rings. The van der Waals surface area contributed by atoms with Gasteiger partial charge in [-0.2, -0.15) is 0 Å². The van der Waals surface area contributed by atoms with E-state index in [9.17, 15) is 0 Å². The van der Waals surface area contributed by atoms with E-state index >= 15 is 0 Å². The topological polar surface area (TPSA) is 82.9 Å². The molecule has 1 aliphatic rings. The van der Waals surface area contributed by atoms with Crippen LogP contribution in [0.1, 0.15) is 43.1 Å². The Morgan fingerprint density at radius 2 is 2.07 bits per heavy atom. The summed E-state index contributed by atoms with van der Waals surface area (Å²) in [6.07, 6.45) is 10.9. The van der Waals surface area contributed by atoms with Gasteiger partial charge in [0, 0.05) is 54.8 Å². The zero-order chi connectivity index (χ0) is 19.8. The number of nitrogens with zero attached hydrogens (tertiary/aromatic N) is 2. The number of aryl methyl sites for hydroxylation is 2. The maximum absolute atomic E-state index is 7.81. The van der Waals surface area contributed by atoms with E-state index in [-0.39, 0.29) is 0 Å². The monoisotopic (exact) mass is 379 g/mol. The van der Waals surface area contributed by atoms with Crippen molar-refractivity contribution >= 4 is 23.2 Å². The molecule has 6 nitrogen and oxygen atoms in total. The number of nitrogens with one attached hydrogen (secondary N) is 3. The molecule has 0 spiro atoms. The lowest BCUT2D eigenvalue weighted by atomic mass is 10.1. The van der Waals surface area contributed by atoms with Crippen molar-refractivity contribution in [2.75, 3.05) is 23.8 Å². The quantitative estimate of drug-likeness (QED) is 0.591. The van der Waals surface area contributed by atoms with Gasteiger partial charge < -0.3 is 20.8 Å². The van der Waals surface area contributed by atoms with E-state index in [1.54, 1.807) is 0 Å².